The minimum Gasteiger partial charge on any atom is -0.493 e. The van der Waals surface area contributed by atoms with Crippen LogP contribution in [0.3, 0.4) is 0 Å². The number of unbranched alkanes of at least 4 members (excludes halogenated alkanes) is 1. The lowest BCUT2D eigenvalue weighted by Crippen LogP contribution is -2.22. The molecular formula is C19H23NO3. The van der Waals surface area contributed by atoms with Crippen LogP contribution in [0.25, 0.3) is 0 Å². The molecule has 0 aliphatic heterocycles. The number of carbonyl (C=O) groups is 1. The van der Waals surface area contributed by atoms with E-state index in [1.165, 1.54) is 0 Å². The second kappa shape index (κ2) is 8.83. The molecule has 0 fully saturated rings. The maximum Gasteiger partial charge on any atom is 0.251 e. The summed E-state index contributed by atoms with van der Waals surface area (Å²) in [4.78, 5) is 12.3. The predicted octanol–water partition coefficient (Wildman–Crippen LogP) is 3.80. The summed E-state index contributed by atoms with van der Waals surface area (Å²) >= 11 is 0. The van der Waals surface area contributed by atoms with Crippen molar-refractivity contribution in [2.24, 2.45) is 0 Å². The van der Waals surface area contributed by atoms with Crippen molar-refractivity contribution in [3.63, 3.8) is 0 Å². The largest absolute Gasteiger partial charge is 0.493 e. The van der Waals surface area contributed by atoms with E-state index in [9.17, 15) is 4.79 Å². The van der Waals surface area contributed by atoms with E-state index in [1.54, 1.807) is 25.3 Å². The maximum atomic E-state index is 12.3. The van der Waals surface area contributed by atoms with Crippen molar-refractivity contribution in [2.75, 3.05) is 13.7 Å². The third kappa shape index (κ3) is 5.02. The van der Waals surface area contributed by atoms with Crippen LogP contribution >= 0.6 is 0 Å². The Labute approximate surface area is 137 Å². The third-order valence-electron chi connectivity index (χ3n) is 3.48. The summed E-state index contributed by atoms with van der Waals surface area (Å²) in [6.07, 6.45) is 2.06. The fraction of sp³-hybridized carbons (Fsp3) is 0.316. The fourth-order valence-electron chi connectivity index (χ4n) is 2.13. The van der Waals surface area contributed by atoms with Crippen molar-refractivity contribution in [3.8, 4) is 11.5 Å². The Balaban J connectivity index is 2.00. The summed E-state index contributed by atoms with van der Waals surface area (Å²) in [5.41, 5.74) is 1.62. The van der Waals surface area contributed by atoms with Gasteiger partial charge in [-0.25, -0.2) is 0 Å². The van der Waals surface area contributed by atoms with Crippen molar-refractivity contribution in [1.82, 2.24) is 5.32 Å². The molecule has 0 saturated heterocycles. The molecule has 1 amide bonds. The molecule has 23 heavy (non-hydrogen) atoms. The maximum absolute atomic E-state index is 12.3. The molecular weight excluding hydrogens is 290 g/mol. The number of hydrogen-bond donors (Lipinski definition) is 1. The molecule has 1 N–H and O–H groups in total. The van der Waals surface area contributed by atoms with E-state index in [2.05, 4.69) is 12.2 Å². The molecule has 0 heterocycles. The average molecular weight is 313 g/mol. The van der Waals surface area contributed by atoms with Crippen molar-refractivity contribution >= 4 is 5.91 Å². The van der Waals surface area contributed by atoms with Gasteiger partial charge in [0, 0.05) is 12.1 Å². The van der Waals surface area contributed by atoms with Gasteiger partial charge in [0.05, 0.1) is 13.7 Å². The zero-order valence-electron chi connectivity index (χ0n) is 13.7. The Morgan fingerprint density at radius 3 is 2.57 bits per heavy atom. The van der Waals surface area contributed by atoms with Crippen molar-refractivity contribution in [3.05, 3.63) is 59.7 Å². The number of amides is 1. The molecule has 2 aromatic rings. The van der Waals surface area contributed by atoms with Gasteiger partial charge in [-0.05, 0) is 30.2 Å². The molecule has 0 atom stereocenters. The fourth-order valence-corrected chi connectivity index (χ4v) is 2.13. The molecule has 0 spiro atoms. The van der Waals surface area contributed by atoms with E-state index >= 15 is 0 Å². The van der Waals surface area contributed by atoms with Gasteiger partial charge in [0.15, 0.2) is 11.5 Å². The molecule has 0 saturated carbocycles. The lowest BCUT2D eigenvalue weighted by atomic mass is 10.1. The van der Waals surface area contributed by atoms with E-state index in [0.29, 0.717) is 30.2 Å². The normalized spacial score (nSPS) is 10.2. The van der Waals surface area contributed by atoms with Crippen molar-refractivity contribution < 1.29 is 14.3 Å². The number of carbonyl (C=O) groups excluding carboxylic acids is 1. The molecule has 0 aliphatic rings. The van der Waals surface area contributed by atoms with Crippen LogP contribution in [0.4, 0.5) is 0 Å². The van der Waals surface area contributed by atoms with Crippen LogP contribution in [-0.2, 0) is 6.54 Å². The monoisotopic (exact) mass is 313 g/mol. The van der Waals surface area contributed by atoms with Gasteiger partial charge in [-0.15, -0.1) is 0 Å². The number of rotatable bonds is 8. The Morgan fingerprint density at radius 1 is 1.09 bits per heavy atom. The van der Waals surface area contributed by atoms with Gasteiger partial charge >= 0.3 is 0 Å². The van der Waals surface area contributed by atoms with E-state index < -0.39 is 0 Å². The lowest BCUT2D eigenvalue weighted by molar-refractivity contribution is 0.0950. The molecule has 4 heteroatoms. The lowest BCUT2D eigenvalue weighted by Gasteiger charge is -2.12. The minimum absolute atomic E-state index is 0.132. The van der Waals surface area contributed by atoms with Crippen LogP contribution < -0.4 is 14.8 Å². The summed E-state index contributed by atoms with van der Waals surface area (Å²) in [5.74, 6) is 1.11. The Bertz CT molecular complexity index is 626. The van der Waals surface area contributed by atoms with Crippen LogP contribution in [0.15, 0.2) is 48.5 Å². The molecule has 2 rings (SSSR count). The summed E-state index contributed by atoms with van der Waals surface area (Å²) in [6, 6.07) is 15.1. The average Bonchev–Trinajstić information content (AvgIpc) is 2.61. The number of methoxy groups -OCH3 is 1. The molecule has 0 aliphatic carbocycles. The minimum atomic E-state index is -0.132. The standard InChI is InChI=1S/C19H23NO3/c1-3-4-12-23-17-11-10-16(13-18(17)22-2)19(21)20-14-15-8-6-5-7-9-15/h5-11,13H,3-4,12,14H2,1-2H3,(H,20,21). The highest BCUT2D eigenvalue weighted by atomic mass is 16.5. The van der Waals surface area contributed by atoms with Crippen LogP contribution in [0.2, 0.25) is 0 Å². The van der Waals surface area contributed by atoms with Gasteiger partial charge < -0.3 is 14.8 Å². The van der Waals surface area contributed by atoms with Crippen LogP contribution in [-0.4, -0.2) is 19.6 Å². The summed E-state index contributed by atoms with van der Waals surface area (Å²) in [7, 11) is 1.58. The van der Waals surface area contributed by atoms with Gasteiger partial charge in [-0.1, -0.05) is 43.7 Å². The van der Waals surface area contributed by atoms with Crippen molar-refractivity contribution in [2.45, 2.75) is 26.3 Å². The summed E-state index contributed by atoms with van der Waals surface area (Å²) in [5, 5.41) is 2.90. The van der Waals surface area contributed by atoms with Gasteiger partial charge in [0.2, 0.25) is 0 Å². The van der Waals surface area contributed by atoms with Gasteiger partial charge in [0.1, 0.15) is 0 Å². The summed E-state index contributed by atoms with van der Waals surface area (Å²) in [6.45, 7) is 3.25. The number of nitrogens with one attached hydrogen (secondary N) is 1. The summed E-state index contributed by atoms with van der Waals surface area (Å²) < 4.78 is 11.0. The highest BCUT2D eigenvalue weighted by Gasteiger charge is 2.11. The Hall–Kier alpha value is -2.49. The molecule has 0 aromatic heterocycles. The molecule has 0 bridgehead atoms. The quantitative estimate of drug-likeness (QED) is 0.754. The van der Waals surface area contributed by atoms with E-state index in [0.717, 1.165) is 18.4 Å². The van der Waals surface area contributed by atoms with Crippen molar-refractivity contribution in [1.29, 1.82) is 0 Å². The van der Waals surface area contributed by atoms with Crippen LogP contribution in [0.1, 0.15) is 35.7 Å². The van der Waals surface area contributed by atoms with Gasteiger partial charge in [-0.2, -0.15) is 0 Å². The molecule has 0 radical (unpaired) electrons. The predicted molar refractivity (Wildman–Crippen MR) is 91.0 cm³/mol. The SMILES string of the molecule is CCCCOc1ccc(C(=O)NCc2ccccc2)cc1OC. The Kier molecular flexibility index (Phi) is 6.48. The first-order valence-electron chi connectivity index (χ1n) is 7.87. The molecule has 2 aromatic carbocycles. The smallest absolute Gasteiger partial charge is 0.251 e. The first kappa shape index (κ1) is 16.9. The van der Waals surface area contributed by atoms with Gasteiger partial charge in [0.25, 0.3) is 5.91 Å². The Morgan fingerprint density at radius 2 is 1.87 bits per heavy atom. The number of benzene rings is 2. The number of hydrogen-bond acceptors (Lipinski definition) is 3. The topological polar surface area (TPSA) is 47.6 Å². The first-order chi connectivity index (χ1) is 11.2. The highest BCUT2D eigenvalue weighted by Crippen LogP contribution is 2.28. The zero-order valence-corrected chi connectivity index (χ0v) is 13.7. The van der Waals surface area contributed by atoms with E-state index in [-0.39, 0.29) is 5.91 Å². The van der Waals surface area contributed by atoms with E-state index in [1.807, 2.05) is 30.3 Å². The van der Waals surface area contributed by atoms with Gasteiger partial charge in [-0.3, -0.25) is 4.79 Å². The number of ether oxygens (including phenoxy) is 2. The third-order valence-corrected chi connectivity index (χ3v) is 3.48. The zero-order chi connectivity index (χ0) is 16.5. The molecule has 4 nitrogen and oxygen atoms in total. The molecule has 122 valence electrons. The van der Waals surface area contributed by atoms with E-state index in [4.69, 9.17) is 9.47 Å². The second-order valence-corrected chi connectivity index (χ2v) is 5.24. The second-order valence-electron chi connectivity index (χ2n) is 5.24. The first-order valence-corrected chi connectivity index (χ1v) is 7.87. The van der Waals surface area contributed by atoms with Crippen LogP contribution in [0.5, 0.6) is 11.5 Å². The highest BCUT2D eigenvalue weighted by molar-refractivity contribution is 5.94. The van der Waals surface area contributed by atoms with Crippen LogP contribution in [0, 0.1) is 0 Å². The molecule has 0 unspecified atom stereocenters.